The van der Waals surface area contributed by atoms with Crippen LogP contribution in [0.25, 0.3) is 11.1 Å². The normalized spacial score (nSPS) is 17.2. The maximum atomic E-state index is 13.2. The van der Waals surface area contributed by atoms with Crippen LogP contribution in [0.4, 0.5) is 4.79 Å². The molecule has 0 radical (unpaired) electrons. The summed E-state index contributed by atoms with van der Waals surface area (Å²) >= 11 is 6.46. The first-order chi connectivity index (χ1) is 12.5. The minimum atomic E-state index is -0.968. The van der Waals surface area contributed by atoms with E-state index in [1.54, 1.807) is 18.2 Å². The van der Waals surface area contributed by atoms with Gasteiger partial charge in [-0.25, -0.2) is 4.79 Å². The molecule has 1 amide bonds. The van der Waals surface area contributed by atoms with E-state index in [1.165, 1.54) is 10.5 Å². The van der Waals surface area contributed by atoms with Crippen LogP contribution in [0.5, 0.6) is 0 Å². The van der Waals surface area contributed by atoms with Crippen LogP contribution in [0.3, 0.4) is 0 Å². The molecular formula is C21H22ClNO3. The van der Waals surface area contributed by atoms with Gasteiger partial charge in [0.15, 0.2) is 5.78 Å². The van der Waals surface area contributed by atoms with Gasteiger partial charge in [0.25, 0.3) is 0 Å². The summed E-state index contributed by atoms with van der Waals surface area (Å²) < 4.78 is 0. The number of halogens is 1. The van der Waals surface area contributed by atoms with Crippen molar-refractivity contribution < 1.29 is 14.7 Å². The van der Waals surface area contributed by atoms with E-state index in [0.29, 0.717) is 30.0 Å². The lowest BCUT2D eigenvalue weighted by Crippen LogP contribution is -2.41. The van der Waals surface area contributed by atoms with E-state index < -0.39 is 6.09 Å². The van der Waals surface area contributed by atoms with Gasteiger partial charge in [-0.15, -0.1) is 0 Å². The molecule has 1 heterocycles. The summed E-state index contributed by atoms with van der Waals surface area (Å²) in [6.45, 7) is 2.81. The second-order valence-corrected chi connectivity index (χ2v) is 7.06. The average molecular weight is 372 g/mol. The minimum Gasteiger partial charge on any atom is -0.465 e. The van der Waals surface area contributed by atoms with Gasteiger partial charge in [0, 0.05) is 35.2 Å². The third-order valence-corrected chi connectivity index (χ3v) is 5.28. The molecule has 3 rings (SSSR count). The highest BCUT2D eigenvalue weighted by molar-refractivity contribution is 6.34. The summed E-state index contributed by atoms with van der Waals surface area (Å²) in [4.78, 5) is 25.8. The van der Waals surface area contributed by atoms with Crippen LogP contribution in [0.1, 0.15) is 35.7 Å². The molecule has 1 saturated heterocycles. The molecule has 1 aliphatic heterocycles. The van der Waals surface area contributed by atoms with Crippen LogP contribution in [0.2, 0.25) is 5.02 Å². The number of hydrogen-bond donors (Lipinski definition) is 1. The highest BCUT2D eigenvalue weighted by Crippen LogP contribution is 2.34. The summed E-state index contributed by atoms with van der Waals surface area (Å²) in [5.74, 6) is -0.359. The minimum absolute atomic E-state index is 0.0321. The van der Waals surface area contributed by atoms with Crippen LogP contribution >= 0.6 is 11.6 Å². The number of carboxylic acid groups (broad SMARTS) is 1. The first kappa shape index (κ1) is 18.5. The molecular weight excluding hydrogens is 350 g/mol. The van der Waals surface area contributed by atoms with E-state index in [0.717, 1.165) is 17.5 Å². The molecule has 5 heteroatoms. The van der Waals surface area contributed by atoms with E-state index in [2.05, 4.69) is 13.0 Å². The monoisotopic (exact) mass is 371 g/mol. The van der Waals surface area contributed by atoms with Crippen LogP contribution in [-0.2, 0) is 6.42 Å². The van der Waals surface area contributed by atoms with Crippen LogP contribution in [-0.4, -0.2) is 35.0 Å². The Balaban J connectivity index is 1.99. The van der Waals surface area contributed by atoms with Gasteiger partial charge < -0.3 is 10.0 Å². The molecule has 2 aromatic rings. The average Bonchev–Trinajstić information content (AvgIpc) is 2.67. The van der Waals surface area contributed by atoms with Gasteiger partial charge in [-0.3, -0.25) is 4.79 Å². The topological polar surface area (TPSA) is 57.6 Å². The predicted molar refractivity (Wildman–Crippen MR) is 103 cm³/mol. The first-order valence-electron chi connectivity index (χ1n) is 8.91. The number of nitrogens with zero attached hydrogens (tertiary/aromatic N) is 1. The molecule has 0 bridgehead atoms. The largest absolute Gasteiger partial charge is 0.465 e. The number of benzene rings is 2. The molecule has 0 aromatic heterocycles. The molecule has 1 fully saturated rings. The maximum Gasteiger partial charge on any atom is 0.407 e. The molecule has 0 spiro atoms. The Labute approximate surface area is 158 Å². The number of carbonyl (C=O) groups excluding carboxylic acids is 1. The number of Topliss-reactive ketones (excluding diaryl/α,β-unsaturated/α-hetero) is 1. The zero-order valence-electron chi connectivity index (χ0n) is 14.7. The van der Waals surface area contributed by atoms with Crippen LogP contribution < -0.4 is 0 Å². The van der Waals surface area contributed by atoms with Crippen molar-refractivity contribution in [1.82, 2.24) is 4.90 Å². The number of carbonyl (C=O) groups is 2. The SMILES string of the molecule is CCc1cccc(-c2c(Cl)cccc2C(=O)C2CCCN(C(=O)O)C2)c1. The fraction of sp³-hybridized carbons (Fsp3) is 0.333. The number of aryl methyl sites for hydroxylation is 1. The zero-order chi connectivity index (χ0) is 18.7. The van der Waals surface area contributed by atoms with Gasteiger partial charge in [0.05, 0.1) is 0 Å². The smallest absolute Gasteiger partial charge is 0.407 e. The van der Waals surface area contributed by atoms with Gasteiger partial charge in [0.1, 0.15) is 0 Å². The fourth-order valence-corrected chi connectivity index (χ4v) is 3.84. The molecule has 26 heavy (non-hydrogen) atoms. The summed E-state index contributed by atoms with van der Waals surface area (Å²) in [5.41, 5.74) is 3.41. The van der Waals surface area contributed by atoms with Crippen molar-refractivity contribution in [2.75, 3.05) is 13.1 Å². The van der Waals surface area contributed by atoms with Crippen molar-refractivity contribution in [1.29, 1.82) is 0 Å². The molecule has 1 N–H and O–H groups in total. The fourth-order valence-electron chi connectivity index (χ4n) is 3.55. The standard InChI is InChI=1S/C21H22ClNO3/c1-2-14-6-3-7-15(12-14)19-17(9-4-10-18(19)22)20(24)16-8-5-11-23(13-16)21(25)26/h3-4,6-7,9-10,12,16H,2,5,8,11,13H2,1H3,(H,25,26). The van der Waals surface area contributed by atoms with E-state index in [9.17, 15) is 14.7 Å². The Kier molecular flexibility index (Phi) is 5.62. The van der Waals surface area contributed by atoms with Crippen molar-refractivity contribution in [2.24, 2.45) is 5.92 Å². The second kappa shape index (κ2) is 7.92. The van der Waals surface area contributed by atoms with E-state index in [4.69, 9.17) is 11.6 Å². The molecule has 0 aliphatic carbocycles. The predicted octanol–water partition coefficient (Wildman–Crippen LogP) is 5.14. The summed E-state index contributed by atoms with van der Waals surface area (Å²) in [5, 5.41) is 9.77. The Morgan fingerprint density at radius 1 is 1.23 bits per heavy atom. The summed E-state index contributed by atoms with van der Waals surface area (Å²) in [6, 6.07) is 13.4. The van der Waals surface area contributed by atoms with Crippen molar-refractivity contribution in [2.45, 2.75) is 26.2 Å². The van der Waals surface area contributed by atoms with Crippen molar-refractivity contribution in [3.63, 3.8) is 0 Å². The molecule has 136 valence electrons. The van der Waals surface area contributed by atoms with Crippen molar-refractivity contribution in [3.05, 3.63) is 58.6 Å². The zero-order valence-corrected chi connectivity index (χ0v) is 15.5. The Morgan fingerprint density at radius 2 is 2.00 bits per heavy atom. The number of amides is 1. The number of rotatable bonds is 4. The quantitative estimate of drug-likeness (QED) is 0.757. The van der Waals surface area contributed by atoms with E-state index >= 15 is 0 Å². The van der Waals surface area contributed by atoms with Gasteiger partial charge in [-0.05, 0) is 36.5 Å². The van der Waals surface area contributed by atoms with Gasteiger partial charge >= 0.3 is 6.09 Å². The third kappa shape index (κ3) is 3.75. The summed E-state index contributed by atoms with van der Waals surface area (Å²) in [6.07, 6.45) is 1.33. The first-order valence-corrected chi connectivity index (χ1v) is 9.29. The Bertz CT molecular complexity index is 834. The highest BCUT2D eigenvalue weighted by Gasteiger charge is 2.30. The molecule has 0 saturated carbocycles. The second-order valence-electron chi connectivity index (χ2n) is 6.65. The van der Waals surface area contributed by atoms with Crippen molar-refractivity contribution >= 4 is 23.5 Å². The van der Waals surface area contributed by atoms with Crippen LogP contribution in [0.15, 0.2) is 42.5 Å². The molecule has 2 aromatic carbocycles. The number of hydrogen-bond acceptors (Lipinski definition) is 2. The van der Waals surface area contributed by atoms with E-state index in [1.807, 2.05) is 18.2 Å². The van der Waals surface area contributed by atoms with Gasteiger partial charge in [-0.2, -0.15) is 0 Å². The Hall–Kier alpha value is -2.33. The lowest BCUT2D eigenvalue weighted by atomic mass is 9.86. The van der Waals surface area contributed by atoms with Gasteiger partial charge in [0.2, 0.25) is 0 Å². The number of ketones is 1. The van der Waals surface area contributed by atoms with Gasteiger partial charge in [-0.1, -0.05) is 54.9 Å². The third-order valence-electron chi connectivity index (χ3n) is 4.97. The van der Waals surface area contributed by atoms with Crippen molar-refractivity contribution in [3.8, 4) is 11.1 Å². The number of piperidine rings is 1. The molecule has 1 unspecified atom stereocenters. The molecule has 1 aliphatic rings. The summed E-state index contributed by atoms with van der Waals surface area (Å²) in [7, 11) is 0. The lowest BCUT2D eigenvalue weighted by molar-refractivity contribution is 0.0807. The van der Waals surface area contributed by atoms with E-state index in [-0.39, 0.29) is 18.2 Å². The molecule has 4 nitrogen and oxygen atoms in total. The van der Waals surface area contributed by atoms with Crippen LogP contribution in [0, 0.1) is 5.92 Å². The lowest BCUT2D eigenvalue weighted by Gasteiger charge is -2.30. The molecule has 1 atom stereocenters. The highest BCUT2D eigenvalue weighted by atomic mass is 35.5. The number of likely N-dealkylation sites (tertiary alicyclic amines) is 1. The maximum absolute atomic E-state index is 13.2. The Morgan fingerprint density at radius 3 is 2.73 bits per heavy atom.